The van der Waals surface area contributed by atoms with Crippen LogP contribution in [0.2, 0.25) is 0 Å². The van der Waals surface area contributed by atoms with Crippen LogP contribution in [0.25, 0.3) is 11.3 Å². The minimum absolute atomic E-state index is 0.0619. The Morgan fingerprint density at radius 1 is 1.36 bits per heavy atom. The Bertz CT molecular complexity index is 763. The van der Waals surface area contributed by atoms with E-state index >= 15 is 0 Å². The lowest BCUT2D eigenvalue weighted by atomic mass is 9.98. The van der Waals surface area contributed by atoms with Crippen molar-refractivity contribution < 1.29 is 4.79 Å². The average Bonchev–Trinajstić information content (AvgIpc) is 3.28. The maximum Gasteiger partial charge on any atom is 0.228 e. The summed E-state index contributed by atoms with van der Waals surface area (Å²) >= 11 is 0. The highest BCUT2D eigenvalue weighted by Crippen LogP contribution is 2.45. The van der Waals surface area contributed by atoms with Gasteiger partial charge in [0.2, 0.25) is 5.91 Å². The molecule has 1 saturated carbocycles. The van der Waals surface area contributed by atoms with Gasteiger partial charge >= 0.3 is 0 Å². The number of hydrogen-bond donors (Lipinski definition) is 1. The largest absolute Gasteiger partial charge is 0.363 e. The fourth-order valence-corrected chi connectivity index (χ4v) is 3.06. The van der Waals surface area contributed by atoms with E-state index in [9.17, 15) is 4.79 Å². The second-order valence-corrected chi connectivity index (χ2v) is 6.05. The first kappa shape index (κ1) is 13.2. The molecule has 1 atom stereocenters. The lowest BCUT2D eigenvalue weighted by molar-refractivity contribution is -0.117. The second kappa shape index (κ2) is 4.53. The number of rotatable bonds is 2. The Balaban J connectivity index is 1.84. The molecule has 3 heterocycles. The lowest BCUT2D eigenvalue weighted by Crippen LogP contribution is -2.29. The molecule has 4 rings (SSSR count). The van der Waals surface area contributed by atoms with Crippen molar-refractivity contribution in [2.75, 3.05) is 17.3 Å². The normalized spacial score (nSPS) is 19.6. The molecule has 0 spiro atoms. The zero-order valence-corrected chi connectivity index (χ0v) is 12.9. The van der Waals surface area contributed by atoms with Gasteiger partial charge in [0.25, 0.3) is 0 Å². The summed E-state index contributed by atoms with van der Waals surface area (Å²) in [6.07, 6.45) is 3.66. The van der Waals surface area contributed by atoms with Crippen LogP contribution in [0, 0.1) is 5.92 Å². The summed E-state index contributed by atoms with van der Waals surface area (Å²) in [6.45, 7) is 2.10. The predicted molar refractivity (Wildman–Crippen MR) is 82.4 cm³/mol. The number of amides is 1. The number of pyridine rings is 1. The number of aromatic nitrogens is 4. The molecule has 2 aliphatic rings. The van der Waals surface area contributed by atoms with E-state index < -0.39 is 0 Å². The third kappa shape index (κ3) is 1.81. The van der Waals surface area contributed by atoms with E-state index in [0.29, 0.717) is 5.82 Å². The maximum absolute atomic E-state index is 12.1. The van der Waals surface area contributed by atoms with Gasteiger partial charge in [0, 0.05) is 31.8 Å². The summed E-state index contributed by atoms with van der Waals surface area (Å²) in [7, 11) is 3.91. The van der Waals surface area contributed by atoms with Crippen molar-refractivity contribution in [1.82, 2.24) is 20.0 Å². The Hall–Kier alpha value is -2.44. The van der Waals surface area contributed by atoms with Crippen LogP contribution >= 0.6 is 0 Å². The molecule has 1 N–H and O–H groups in total. The van der Waals surface area contributed by atoms with Gasteiger partial charge in [0.05, 0.1) is 17.4 Å². The molecule has 1 fully saturated rings. The van der Waals surface area contributed by atoms with Gasteiger partial charge in [-0.25, -0.2) is 9.67 Å². The first-order valence-corrected chi connectivity index (χ1v) is 7.50. The minimum Gasteiger partial charge on any atom is -0.363 e. The highest BCUT2D eigenvalue weighted by Gasteiger charge is 2.35. The Morgan fingerprint density at radius 3 is 2.86 bits per heavy atom. The Morgan fingerprint density at radius 2 is 2.14 bits per heavy atom. The number of hydrogen-bond acceptors (Lipinski definition) is 5. The van der Waals surface area contributed by atoms with Crippen LogP contribution in [0.4, 0.5) is 11.5 Å². The van der Waals surface area contributed by atoms with Crippen LogP contribution in [0.3, 0.4) is 0 Å². The molecule has 7 nitrogen and oxygen atoms in total. The van der Waals surface area contributed by atoms with Crippen molar-refractivity contribution in [3.63, 3.8) is 0 Å². The van der Waals surface area contributed by atoms with E-state index in [1.54, 1.807) is 6.20 Å². The molecule has 2 aromatic rings. The summed E-state index contributed by atoms with van der Waals surface area (Å²) in [5.74, 6) is 0.822. The van der Waals surface area contributed by atoms with Crippen LogP contribution in [0.5, 0.6) is 0 Å². The van der Waals surface area contributed by atoms with Crippen LogP contribution in [0.1, 0.15) is 31.5 Å². The molecule has 1 aliphatic heterocycles. The van der Waals surface area contributed by atoms with Gasteiger partial charge in [0.15, 0.2) is 5.82 Å². The predicted octanol–water partition coefficient (Wildman–Crippen LogP) is 1.74. The quantitative estimate of drug-likeness (QED) is 0.914. The summed E-state index contributed by atoms with van der Waals surface area (Å²) in [6, 6.07) is 2.04. The molecule has 0 bridgehead atoms. The molecule has 7 heteroatoms. The van der Waals surface area contributed by atoms with E-state index in [2.05, 4.69) is 32.4 Å². The second-order valence-electron chi connectivity index (χ2n) is 6.05. The van der Waals surface area contributed by atoms with Crippen molar-refractivity contribution in [3.05, 3.63) is 18.0 Å². The number of aryl methyl sites for hydroxylation is 1. The third-order valence-corrected chi connectivity index (χ3v) is 4.57. The number of nitrogens with zero attached hydrogens (tertiary/aromatic N) is 5. The molecule has 0 saturated heterocycles. The molecular weight excluding hydrogens is 280 g/mol. The summed E-state index contributed by atoms with van der Waals surface area (Å²) < 4.78 is 1.81. The van der Waals surface area contributed by atoms with Gasteiger partial charge < -0.3 is 10.2 Å². The maximum atomic E-state index is 12.1. The summed E-state index contributed by atoms with van der Waals surface area (Å²) in [4.78, 5) is 18.6. The molecule has 114 valence electrons. The van der Waals surface area contributed by atoms with E-state index in [-0.39, 0.29) is 17.9 Å². The monoisotopic (exact) mass is 298 g/mol. The van der Waals surface area contributed by atoms with Crippen molar-refractivity contribution in [1.29, 1.82) is 0 Å². The van der Waals surface area contributed by atoms with Crippen LogP contribution < -0.4 is 10.2 Å². The standard InChI is InChI=1S/C15H18N6O/c1-8-12-11(18-19-21(12)3)10-6-7-16-14(13(10)20(8)2)17-15(22)9-4-5-9/h6-9H,4-5H2,1-3H3,(H,16,17,22). The van der Waals surface area contributed by atoms with Crippen molar-refractivity contribution in [2.24, 2.45) is 13.0 Å². The van der Waals surface area contributed by atoms with Crippen molar-refractivity contribution in [3.8, 4) is 11.3 Å². The smallest absolute Gasteiger partial charge is 0.228 e. The van der Waals surface area contributed by atoms with Gasteiger partial charge in [-0.1, -0.05) is 5.21 Å². The van der Waals surface area contributed by atoms with Gasteiger partial charge in [-0.15, -0.1) is 5.10 Å². The van der Waals surface area contributed by atoms with Gasteiger partial charge in [-0.2, -0.15) is 0 Å². The minimum atomic E-state index is 0.0619. The Labute approximate surface area is 128 Å². The van der Waals surface area contributed by atoms with E-state index in [0.717, 1.165) is 35.5 Å². The highest BCUT2D eigenvalue weighted by atomic mass is 16.2. The number of nitrogens with one attached hydrogen (secondary N) is 1. The first-order chi connectivity index (χ1) is 10.6. The van der Waals surface area contributed by atoms with Gasteiger partial charge in [-0.3, -0.25) is 4.79 Å². The van der Waals surface area contributed by atoms with Crippen LogP contribution in [-0.2, 0) is 11.8 Å². The molecule has 0 aromatic carbocycles. The SMILES string of the molecule is CC1c2c(nnn2C)-c2ccnc(NC(=O)C3CC3)c2N1C. The zero-order valence-electron chi connectivity index (χ0n) is 12.9. The number of fused-ring (bicyclic) bond motifs is 3. The molecule has 0 radical (unpaired) electrons. The molecule has 1 aliphatic carbocycles. The average molecular weight is 298 g/mol. The van der Waals surface area contributed by atoms with Crippen LogP contribution in [0.15, 0.2) is 12.3 Å². The number of carbonyl (C=O) groups is 1. The number of carbonyl (C=O) groups excluding carboxylic acids is 1. The summed E-state index contributed by atoms with van der Waals surface area (Å²) in [5.41, 5.74) is 3.81. The molecule has 2 aromatic heterocycles. The van der Waals surface area contributed by atoms with E-state index in [1.165, 1.54) is 0 Å². The topological polar surface area (TPSA) is 75.9 Å². The van der Waals surface area contributed by atoms with E-state index in [1.807, 2.05) is 24.8 Å². The summed E-state index contributed by atoms with van der Waals surface area (Å²) in [5, 5.41) is 11.4. The fraction of sp³-hybridized carbons (Fsp3) is 0.467. The van der Waals surface area contributed by atoms with Gasteiger partial charge in [-0.05, 0) is 25.8 Å². The van der Waals surface area contributed by atoms with Crippen molar-refractivity contribution in [2.45, 2.75) is 25.8 Å². The zero-order chi connectivity index (χ0) is 15.4. The van der Waals surface area contributed by atoms with Crippen LogP contribution in [-0.4, -0.2) is 32.9 Å². The van der Waals surface area contributed by atoms with Crippen molar-refractivity contribution >= 4 is 17.4 Å². The lowest BCUT2D eigenvalue weighted by Gasteiger charge is -2.34. The molecule has 22 heavy (non-hydrogen) atoms. The molecule has 1 unspecified atom stereocenters. The fourth-order valence-electron chi connectivity index (χ4n) is 3.06. The van der Waals surface area contributed by atoms with Gasteiger partial charge in [0.1, 0.15) is 5.69 Å². The van der Waals surface area contributed by atoms with E-state index in [4.69, 9.17) is 0 Å². The molecule has 1 amide bonds. The Kier molecular flexibility index (Phi) is 2.72. The first-order valence-electron chi connectivity index (χ1n) is 7.50. The third-order valence-electron chi connectivity index (χ3n) is 4.57. The highest BCUT2D eigenvalue weighted by molar-refractivity contribution is 5.99. The number of anilines is 2. The molecular formula is C15H18N6O.